The van der Waals surface area contributed by atoms with Crippen molar-refractivity contribution in [1.82, 2.24) is 10.3 Å². The van der Waals surface area contributed by atoms with E-state index in [1.807, 2.05) is 19.9 Å². The van der Waals surface area contributed by atoms with Gasteiger partial charge in [-0.25, -0.2) is 0 Å². The number of aryl methyl sites for hydroxylation is 1. The van der Waals surface area contributed by atoms with Gasteiger partial charge in [0.2, 0.25) is 5.56 Å². The lowest BCUT2D eigenvalue weighted by Crippen LogP contribution is -2.44. The van der Waals surface area contributed by atoms with Gasteiger partial charge in [0.05, 0.1) is 7.11 Å². The molecule has 0 aromatic carbocycles. The van der Waals surface area contributed by atoms with Gasteiger partial charge in [-0.1, -0.05) is 19.9 Å². The molecule has 110 valence electrons. The Bertz CT molecular complexity index is 536. The van der Waals surface area contributed by atoms with Crippen molar-refractivity contribution < 1.29 is 9.53 Å². The number of esters is 1. The quantitative estimate of drug-likeness (QED) is 0.820. The van der Waals surface area contributed by atoms with Crippen molar-refractivity contribution in [2.75, 3.05) is 7.11 Å². The normalized spacial score (nSPS) is 19.5. The van der Waals surface area contributed by atoms with Gasteiger partial charge in [-0.05, 0) is 30.7 Å². The second-order valence-electron chi connectivity index (χ2n) is 5.61. The van der Waals surface area contributed by atoms with Crippen LogP contribution in [0.3, 0.4) is 0 Å². The molecule has 0 saturated carbocycles. The molecule has 2 rings (SSSR count). The van der Waals surface area contributed by atoms with Crippen molar-refractivity contribution in [2.45, 2.75) is 45.2 Å². The summed E-state index contributed by atoms with van der Waals surface area (Å²) in [6.45, 7) is 3.98. The van der Waals surface area contributed by atoms with Crippen LogP contribution in [-0.2, 0) is 16.0 Å². The molecule has 0 bridgehead atoms. The fourth-order valence-electron chi connectivity index (χ4n) is 2.75. The predicted octanol–water partition coefficient (Wildman–Crippen LogP) is 1.54. The molecule has 1 aliphatic rings. The van der Waals surface area contributed by atoms with E-state index in [0.717, 1.165) is 30.5 Å². The molecular weight excluding hydrogens is 256 g/mol. The summed E-state index contributed by atoms with van der Waals surface area (Å²) in [7, 11) is 1.41. The Morgan fingerprint density at radius 3 is 2.85 bits per heavy atom. The van der Waals surface area contributed by atoms with Crippen LogP contribution in [-0.4, -0.2) is 24.1 Å². The van der Waals surface area contributed by atoms with E-state index in [1.165, 1.54) is 7.11 Å². The lowest BCUT2D eigenvalue weighted by molar-refractivity contribution is -0.144. The number of rotatable bonds is 4. The summed E-state index contributed by atoms with van der Waals surface area (Å²) in [5.41, 5.74) is 2.00. The summed E-state index contributed by atoms with van der Waals surface area (Å²) in [6, 6.07) is 3.16. The first-order chi connectivity index (χ1) is 9.52. The molecule has 0 aliphatic heterocycles. The minimum absolute atomic E-state index is 0.0715. The molecule has 5 heteroatoms. The van der Waals surface area contributed by atoms with E-state index in [9.17, 15) is 9.59 Å². The number of nitrogens with one attached hydrogen (secondary N) is 2. The highest BCUT2D eigenvalue weighted by Gasteiger charge is 2.29. The van der Waals surface area contributed by atoms with Gasteiger partial charge >= 0.3 is 5.97 Å². The van der Waals surface area contributed by atoms with E-state index in [1.54, 1.807) is 6.07 Å². The highest BCUT2D eigenvalue weighted by Crippen LogP contribution is 2.28. The van der Waals surface area contributed by atoms with Gasteiger partial charge in [-0.2, -0.15) is 0 Å². The van der Waals surface area contributed by atoms with Crippen LogP contribution in [0.4, 0.5) is 0 Å². The molecule has 2 N–H and O–H groups in total. The van der Waals surface area contributed by atoms with Crippen LogP contribution in [0.5, 0.6) is 0 Å². The van der Waals surface area contributed by atoms with Gasteiger partial charge in [0.15, 0.2) is 0 Å². The molecule has 2 unspecified atom stereocenters. The molecule has 0 spiro atoms. The Morgan fingerprint density at radius 2 is 2.20 bits per heavy atom. The number of H-pyrrole nitrogens is 1. The van der Waals surface area contributed by atoms with Crippen LogP contribution in [0.25, 0.3) is 0 Å². The third kappa shape index (κ3) is 3.10. The zero-order chi connectivity index (χ0) is 14.7. The van der Waals surface area contributed by atoms with Crippen molar-refractivity contribution in [3.05, 3.63) is 33.7 Å². The summed E-state index contributed by atoms with van der Waals surface area (Å²) < 4.78 is 4.86. The zero-order valence-corrected chi connectivity index (χ0v) is 12.2. The lowest BCUT2D eigenvalue weighted by atomic mass is 9.90. The third-order valence-electron chi connectivity index (χ3n) is 3.83. The summed E-state index contributed by atoms with van der Waals surface area (Å²) in [5, 5.41) is 3.39. The predicted molar refractivity (Wildman–Crippen MR) is 76.5 cm³/mol. The van der Waals surface area contributed by atoms with Crippen molar-refractivity contribution in [2.24, 2.45) is 5.92 Å². The Balaban J connectivity index is 2.22. The van der Waals surface area contributed by atoms with Gasteiger partial charge in [0.25, 0.3) is 0 Å². The van der Waals surface area contributed by atoms with E-state index < -0.39 is 0 Å². The number of fused-ring (bicyclic) bond motifs is 1. The molecule has 1 aromatic heterocycles. The van der Waals surface area contributed by atoms with Crippen LogP contribution < -0.4 is 10.9 Å². The standard InChI is InChI=1S/C15H22N2O3/c1-9(2)14(15(19)20-3)17-12-6-4-5-11-10(12)7-8-13(18)16-11/h7-9,12,14,17H,4-6H2,1-3H3,(H,16,18). The number of hydrogen-bond acceptors (Lipinski definition) is 4. The minimum atomic E-state index is -0.331. The second kappa shape index (κ2) is 6.22. The minimum Gasteiger partial charge on any atom is -0.468 e. The highest BCUT2D eigenvalue weighted by molar-refractivity contribution is 5.76. The highest BCUT2D eigenvalue weighted by atomic mass is 16.5. The first-order valence-electron chi connectivity index (χ1n) is 7.09. The number of ether oxygens (including phenoxy) is 1. The molecule has 2 atom stereocenters. The molecule has 0 fully saturated rings. The average Bonchev–Trinajstić information content (AvgIpc) is 2.43. The number of aromatic amines is 1. The van der Waals surface area contributed by atoms with Crippen molar-refractivity contribution in [3.8, 4) is 0 Å². The fraction of sp³-hybridized carbons (Fsp3) is 0.600. The summed E-state index contributed by atoms with van der Waals surface area (Å²) in [4.78, 5) is 26.1. The average molecular weight is 278 g/mol. The Kier molecular flexibility index (Phi) is 4.60. The topological polar surface area (TPSA) is 71.2 Å². The van der Waals surface area contributed by atoms with Gasteiger partial charge in [-0.15, -0.1) is 0 Å². The Hall–Kier alpha value is -1.62. The molecule has 20 heavy (non-hydrogen) atoms. The zero-order valence-electron chi connectivity index (χ0n) is 12.2. The monoisotopic (exact) mass is 278 g/mol. The van der Waals surface area contributed by atoms with Crippen LogP contribution in [0.15, 0.2) is 16.9 Å². The molecule has 0 radical (unpaired) electrons. The summed E-state index contributed by atoms with van der Waals surface area (Å²) in [6.07, 6.45) is 2.84. The van der Waals surface area contributed by atoms with Crippen LogP contribution in [0, 0.1) is 5.92 Å². The maximum absolute atomic E-state index is 11.9. The van der Waals surface area contributed by atoms with Crippen LogP contribution in [0.1, 0.15) is 44.0 Å². The molecule has 0 amide bonds. The fourth-order valence-corrected chi connectivity index (χ4v) is 2.75. The Labute approximate surface area is 118 Å². The van der Waals surface area contributed by atoms with E-state index >= 15 is 0 Å². The van der Waals surface area contributed by atoms with Crippen molar-refractivity contribution >= 4 is 5.97 Å². The van der Waals surface area contributed by atoms with Crippen molar-refractivity contribution in [3.63, 3.8) is 0 Å². The number of hydrogen-bond donors (Lipinski definition) is 2. The second-order valence-corrected chi connectivity index (χ2v) is 5.61. The van der Waals surface area contributed by atoms with E-state index in [0.29, 0.717) is 0 Å². The number of aromatic nitrogens is 1. The largest absolute Gasteiger partial charge is 0.468 e. The summed E-state index contributed by atoms with van der Waals surface area (Å²) >= 11 is 0. The number of pyridine rings is 1. The number of carbonyl (C=O) groups excluding carboxylic acids is 1. The van der Waals surface area contributed by atoms with Gasteiger partial charge in [0, 0.05) is 17.8 Å². The van der Waals surface area contributed by atoms with Crippen molar-refractivity contribution in [1.29, 1.82) is 0 Å². The van der Waals surface area contributed by atoms with Gasteiger partial charge in [0.1, 0.15) is 6.04 Å². The van der Waals surface area contributed by atoms with Crippen LogP contribution >= 0.6 is 0 Å². The van der Waals surface area contributed by atoms with Gasteiger partial charge in [-0.3, -0.25) is 14.9 Å². The lowest BCUT2D eigenvalue weighted by Gasteiger charge is -2.30. The first kappa shape index (κ1) is 14.8. The third-order valence-corrected chi connectivity index (χ3v) is 3.83. The molecular formula is C15H22N2O3. The van der Waals surface area contributed by atoms with E-state index in [-0.39, 0.29) is 29.5 Å². The molecule has 1 aliphatic carbocycles. The summed E-state index contributed by atoms with van der Waals surface area (Å²) in [5.74, 6) is -0.0906. The van der Waals surface area contributed by atoms with Crippen LogP contribution in [0.2, 0.25) is 0 Å². The first-order valence-corrected chi connectivity index (χ1v) is 7.09. The van der Waals surface area contributed by atoms with E-state index in [2.05, 4.69) is 10.3 Å². The molecule has 0 saturated heterocycles. The maximum Gasteiger partial charge on any atom is 0.323 e. The molecule has 5 nitrogen and oxygen atoms in total. The molecule has 1 aromatic rings. The van der Waals surface area contributed by atoms with Gasteiger partial charge < -0.3 is 9.72 Å². The number of carbonyl (C=O) groups is 1. The Morgan fingerprint density at radius 1 is 1.45 bits per heavy atom. The maximum atomic E-state index is 11.9. The SMILES string of the molecule is COC(=O)C(NC1CCCc2[nH]c(=O)ccc21)C(C)C. The molecule has 1 heterocycles. The smallest absolute Gasteiger partial charge is 0.323 e. The number of methoxy groups -OCH3 is 1. The van der Waals surface area contributed by atoms with E-state index in [4.69, 9.17) is 4.74 Å².